The molecule has 1 fully saturated rings. The van der Waals surface area contributed by atoms with Crippen molar-refractivity contribution < 1.29 is 36.0 Å². The molecule has 1 saturated heterocycles. The van der Waals surface area contributed by atoms with E-state index in [0.29, 0.717) is 31.2 Å². The minimum absolute atomic E-state index is 0.0599. The quantitative estimate of drug-likeness (QED) is 0.113. The van der Waals surface area contributed by atoms with E-state index in [1.54, 1.807) is 26.0 Å². The summed E-state index contributed by atoms with van der Waals surface area (Å²) in [5.74, 6) is 0. The van der Waals surface area contributed by atoms with Crippen molar-refractivity contribution in [3.8, 4) is 0 Å². The number of aliphatic hydroxyl groups excluding tert-OH is 1. The molecule has 20 heteroatoms. The van der Waals surface area contributed by atoms with Crippen LogP contribution >= 0.6 is 0 Å². The van der Waals surface area contributed by atoms with Crippen molar-refractivity contribution in [2.45, 2.75) is 167 Å². The largest absolute Gasteiger partial charge is 0.414 e. The molecule has 3 N–H and O–H groups in total. The molecule has 5 heterocycles. The smallest absolute Gasteiger partial charge is 0.333 e. The summed E-state index contributed by atoms with van der Waals surface area (Å²) in [7, 11) is -9.52. The van der Waals surface area contributed by atoms with E-state index in [0.717, 1.165) is 9.98 Å². The monoisotopic (exact) mass is 895 g/mol. The number of hydrogen-bond acceptors (Lipinski definition) is 13. The Morgan fingerprint density at radius 2 is 1.32 bits per heavy atom. The van der Waals surface area contributed by atoms with Crippen LogP contribution in [-0.2, 0) is 45.7 Å². The van der Waals surface area contributed by atoms with Crippen molar-refractivity contribution in [1.29, 1.82) is 0 Å². The van der Waals surface area contributed by atoms with Crippen molar-refractivity contribution in [3.63, 3.8) is 0 Å². The zero-order valence-electron chi connectivity index (χ0n) is 37.1. The Hall–Kier alpha value is -3.22. The predicted octanol–water partition coefficient (Wildman–Crippen LogP) is 3.87. The minimum Gasteiger partial charge on any atom is -0.414 e. The summed E-state index contributed by atoms with van der Waals surface area (Å²) in [6.07, 6.45) is 3.38. The van der Waals surface area contributed by atoms with E-state index in [-0.39, 0.29) is 47.6 Å². The molecule has 5 rings (SSSR count). The van der Waals surface area contributed by atoms with E-state index in [4.69, 9.17) is 28.2 Å². The molecule has 3 aliphatic rings. The highest BCUT2D eigenvalue weighted by molar-refractivity contribution is 7.90. The first kappa shape index (κ1) is 47.8. The number of aryl methyl sites for hydroxylation is 2. The summed E-state index contributed by atoms with van der Waals surface area (Å²) in [4.78, 5) is 54.3. The van der Waals surface area contributed by atoms with E-state index in [9.17, 15) is 32.7 Å². The first-order valence-electron chi connectivity index (χ1n) is 20.6. The number of nitrogens with two attached hydrogens (primary N) is 1. The number of ether oxygens (including phenoxy) is 2. The molecule has 0 aromatic carbocycles. The average Bonchev–Trinajstić information content (AvgIpc) is 3.80. The Morgan fingerprint density at radius 1 is 0.800 bits per heavy atom. The van der Waals surface area contributed by atoms with Crippen LogP contribution in [-0.4, -0.2) is 85.6 Å². The van der Waals surface area contributed by atoms with Gasteiger partial charge in [-0.3, -0.25) is 27.9 Å². The van der Waals surface area contributed by atoms with Crippen LogP contribution in [0.5, 0.6) is 0 Å². The molecular weight excluding hydrogens is 831 g/mol. The summed E-state index contributed by atoms with van der Waals surface area (Å²) < 4.78 is 63.3. The van der Waals surface area contributed by atoms with Gasteiger partial charge in [-0.15, -0.1) is 0 Å². The maximum atomic E-state index is 14.5. The highest BCUT2D eigenvalue weighted by Crippen LogP contribution is 2.52. The molecule has 336 valence electrons. The van der Waals surface area contributed by atoms with E-state index in [1.165, 1.54) is 26.1 Å². The lowest BCUT2D eigenvalue weighted by Crippen LogP contribution is -2.59. The zero-order valence-corrected chi connectivity index (χ0v) is 40.0. The third kappa shape index (κ3) is 9.27. The summed E-state index contributed by atoms with van der Waals surface area (Å²) in [5.41, 5.74) is 3.17. The van der Waals surface area contributed by atoms with Gasteiger partial charge in [-0.2, -0.15) is 8.42 Å². The fourth-order valence-electron chi connectivity index (χ4n) is 7.13. The molecule has 0 radical (unpaired) electrons. The molecule has 60 heavy (non-hydrogen) atoms. The van der Waals surface area contributed by atoms with Gasteiger partial charge < -0.3 is 29.2 Å². The summed E-state index contributed by atoms with van der Waals surface area (Å²) >= 11 is 0. The molecule has 0 amide bonds. The minimum atomic E-state index is -4.29. The van der Waals surface area contributed by atoms with Gasteiger partial charge in [-0.1, -0.05) is 60.5 Å². The number of rotatable bonds is 15. The molecule has 17 nitrogen and oxygen atoms in total. The molecule has 2 aromatic rings. The van der Waals surface area contributed by atoms with Crippen molar-refractivity contribution in [2.75, 3.05) is 13.2 Å². The second-order valence-corrected chi connectivity index (χ2v) is 30.2. The number of aliphatic hydroxyl groups is 1. The van der Waals surface area contributed by atoms with Gasteiger partial charge in [0.25, 0.3) is 21.2 Å². The Balaban J connectivity index is 1.42. The normalized spacial score (nSPS) is 25.8. The van der Waals surface area contributed by atoms with Crippen molar-refractivity contribution in [2.24, 2.45) is 5.73 Å². The molecule has 0 aliphatic carbocycles. The van der Waals surface area contributed by atoms with Gasteiger partial charge in [0.15, 0.2) is 34.7 Å². The second kappa shape index (κ2) is 17.2. The number of nitrogens with zero attached hydrogens (tertiary/aromatic N) is 4. The van der Waals surface area contributed by atoms with E-state index >= 15 is 0 Å². The topological polar surface area (TPSA) is 215 Å². The Morgan fingerprint density at radius 3 is 1.78 bits per heavy atom. The highest BCUT2D eigenvalue weighted by atomic mass is 32.2. The van der Waals surface area contributed by atoms with Gasteiger partial charge in [0.1, 0.15) is 18.3 Å². The van der Waals surface area contributed by atoms with Crippen molar-refractivity contribution >= 4 is 26.8 Å². The fraction of sp³-hybridized carbons (Fsp3) is 0.700. The molecular formula is C40H65N5O12SSi2. The number of aromatic nitrogens is 4. The van der Waals surface area contributed by atoms with Crippen LogP contribution in [0.4, 0.5) is 0 Å². The third-order valence-electron chi connectivity index (χ3n) is 12.9. The Labute approximate surface area is 354 Å². The Bertz CT molecular complexity index is 2350. The molecule has 1 spiro atoms. The molecule has 1 unspecified atom stereocenters. The summed E-state index contributed by atoms with van der Waals surface area (Å²) in [5, 5.41) is 9.74. The standard InChI is InChI=1S/C40H65N5O12SSi2/c1-26-21-44(31-18-17-28(23-46)54-31)36(49)42(33(26)47)19-15-13-14-16-20-43-34(48)27(2)22-45(37(43)50)35-32(56-60(11,12)39(6,7)8)40(29(41)25-58(51,52)57-40)30(55-35)24-53-59(9,10)38(3,4)5/h17-18,21-22,25,28,30-32,35,46H,13-16,19-20,23-24,41H2,1-12H3/t28-,30+,31+,32-,35+,40?/m0/s1. The van der Waals surface area contributed by atoms with Gasteiger partial charge in [-0.25, -0.2) is 13.8 Å². The number of hydrogen-bond donors (Lipinski definition) is 2. The van der Waals surface area contributed by atoms with Crippen LogP contribution in [0, 0.1) is 13.8 Å². The summed E-state index contributed by atoms with van der Waals surface area (Å²) in [6.45, 7) is 23.5. The lowest BCUT2D eigenvalue weighted by Gasteiger charge is -2.43. The zero-order chi connectivity index (χ0) is 45.0. The third-order valence-corrected chi connectivity index (χ3v) is 22.9. The lowest BCUT2D eigenvalue weighted by atomic mass is 9.89. The molecule has 0 bridgehead atoms. The van der Waals surface area contributed by atoms with Crippen LogP contribution in [0.15, 0.2) is 54.8 Å². The van der Waals surface area contributed by atoms with Crippen LogP contribution in [0.3, 0.4) is 0 Å². The molecule has 6 atom stereocenters. The van der Waals surface area contributed by atoms with Crippen molar-refractivity contribution in [3.05, 3.63) is 88.5 Å². The summed E-state index contributed by atoms with van der Waals surface area (Å²) in [6, 6.07) is 0. The van der Waals surface area contributed by atoms with Gasteiger partial charge in [0, 0.05) is 36.6 Å². The first-order chi connectivity index (χ1) is 27.6. The average molecular weight is 896 g/mol. The SMILES string of the molecule is Cc1cn([C@@H]2O[C@H](CO[Si](C)(C)C(C)(C)C)C3(OS(=O)(=O)C=C3N)[C@H]2O[Si](C)(C)C(C)(C)C)c(=O)n(CCCCCCn2c(=O)c(C)cn([C@H]3C=C[C@@H](CO)O3)c2=O)c1=O. The van der Waals surface area contributed by atoms with Crippen LogP contribution < -0.4 is 28.2 Å². The second-order valence-electron chi connectivity index (χ2n) is 19.3. The van der Waals surface area contributed by atoms with Gasteiger partial charge >= 0.3 is 11.4 Å². The van der Waals surface area contributed by atoms with Gasteiger partial charge in [0.05, 0.1) is 24.3 Å². The maximum absolute atomic E-state index is 14.5. The fourth-order valence-corrected chi connectivity index (χ4v) is 10.6. The van der Waals surface area contributed by atoms with Crippen LogP contribution in [0.2, 0.25) is 36.3 Å². The van der Waals surface area contributed by atoms with E-state index in [2.05, 4.69) is 33.9 Å². The molecule has 0 saturated carbocycles. The van der Waals surface area contributed by atoms with Crippen LogP contribution in [0.1, 0.15) is 90.8 Å². The number of unbranched alkanes of at least 4 members (excludes halogenated alkanes) is 3. The van der Waals surface area contributed by atoms with E-state index in [1.807, 2.05) is 33.9 Å². The Kier molecular flexibility index (Phi) is 13.7. The van der Waals surface area contributed by atoms with E-state index < -0.39 is 85.6 Å². The van der Waals surface area contributed by atoms with Gasteiger partial charge in [-0.05, 0) is 69.0 Å². The predicted molar refractivity (Wildman–Crippen MR) is 232 cm³/mol. The van der Waals surface area contributed by atoms with Gasteiger partial charge in [0.2, 0.25) is 0 Å². The van der Waals surface area contributed by atoms with Crippen LogP contribution in [0.25, 0.3) is 0 Å². The first-order valence-corrected chi connectivity index (χ1v) is 27.9. The lowest BCUT2D eigenvalue weighted by molar-refractivity contribution is -0.0567. The maximum Gasteiger partial charge on any atom is 0.333 e. The van der Waals surface area contributed by atoms with Crippen molar-refractivity contribution in [1.82, 2.24) is 18.3 Å². The highest BCUT2D eigenvalue weighted by Gasteiger charge is 2.67. The molecule has 2 aromatic heterocycles. The molecule has 3 aliphatic heterocycles.